The highest BCUT2D eigenvalue weighted by Crippen LogP contribution is 2.60. The molecule has 0 amide bonds. The number of rotatable bonds is 5. The third-order valence-electron chi connectivity index (χ3n) is 5.08. The van der Waals surface area contributed by atoms with Crippen LogP contribution in [0.15, 0.2) is 0 Å². The Labute approximate surface area is 99.8 Å². The van der Waals surface area contributed by atoms with Gasteiger partial charge in [-0.15, -0.1) is 0 Å². The van der Waals surface area contributed by atoms with Crippen LogP contribution in [0.25, 0.3) is 0 Å². The standard InChI is InChI=1S/C14H26N2/c1-16-8-4-12(5-9-16)10-15-11-14(6-7-14)13-2-3-13/h12-13,15H,2-11H2,1H3. The van der Waals surface area contributed by atoms with Crippen LogP contribution < -0.4 is 5.32 Å². The Morgan fingerprint density at radius 1 is 1.12 bits per heavy atom. The summed E-state index contributed by atoms with van der Waals surface area (Å²) in [4.78, 5) is 2.46. The van der Waals surface area contributed by atoms with Crippen LogP contribution in [0.5, 0.6) is 0 Å². The molecule has 0 atom stereocenters. The molecule has 0 radical (unpaired) electrons. The summed E-state index contributed by atoms with van der Waals surface area (Å²) in [5.41, 5.74) is 0.783. The minimum atomic E-state index is 0.783. The molecule has 1 heterocycles. The molecular weight excluding hydrogens is 196 g/mol. The maximum absolute atomic E-state index is 3.78. The molecule has 2 nitrogen and oxygen atoms in total. The summed E-state index contributed by atoms with van der Waals surface area (Å²) < 4.78 is 0. The normalized spacial score (nSPS) is 30.6. The lowest BCUT2D eigenvalue weighted by atomic mass is 9.96. The Morgan fingerprint density at radius 3 is 2.38 bits per heavy atom. The molecule has 1 saturated heterocycles. The van der Waals surface area contributed by atoms with Crippen molar-refractivity contribution in [2.45, 2.75) is 38.5 Å². The van der Waals surface area contributed by atoms with E-state index in [1.54, 1.807) is 0 Å². The van der Waals surface area contributed by atoms with E-state index >= 15 is 0 Å². The molecular formula is C14H26N2. The molecule has 3 aliphatic rings. The van der Waals surface area contributed by atoms with Crippen molar-refractivity contribution in [3.05, 3.63) is 0 Å². The summed E-state index contributed by atoms with van der Waals surface area (Å²) in [7, 11) is 2.25. The minimum Gasteiger partial charge on any atom is -0.316 e. The first-order valence-corrected chi connectivity index (χ1v) is 7.18. The van der Waals surface area contributed by atoms with Crippen LogP contribution >= 0.6 is 0 Å². The van der Waals surface area contributed by atoms with Gasteiger partial charge in [0.25, 0.3) is 0 Å². The second-order valence-corrected chi connectivity index (χ2v) is 6.51. The largest absolute Gasteiger partial charge is 0.316 e. The molecule has 16 heavy (non-hydrogen) atoms. The van der Waals surface area contributed by atoms with Crippen LogP contribution in [0.4, 0.5) is 0 Å². The van der Waals surface area contributed by atoms with E-state index in [9.17, 15) is 0 Å². The predicted octanol–water partition coefficient (Wildman–Crippen LogP) is 2.11. The fourth-order valence-corrected chi connectivity index (χ4v) is 3.38. The van der Waals surface area contributed by atoms with Crippen LogP contribution in [0.1, 0.15) is 38.5 Å². The highest BCUT2D eigenvalue weighted by Gasteiger charge is 2.53. The van der Waals surface area contributed by atoms with Crippen molar-refractivity contribution in [3.8, 4) is 0 Å². The fourth-order valence-electron chi connectivity index (χ4n) is 3.38. The van der Waals surface area contributed by atoms with Gasteiger partial charge in [0.2, 0.25) is 0 Å². The predicted molar refractivity (Wildman–Crippen MR) is 67.5 cm³/mol. The number of nitrogens with zero attached hydrogens (tertiary/aromatic N) is 1. The van der Waals surface area contributed by atoms with Gasteiger partial charge in [-0.3, -0.25) is 0 Å². The zero-order valence-electron chi connectivity index (χ0n) is 10.7. The quantitative estimate of drug-likeness (QED) is 0.766. The van der Waals surface area contributed by atoms with Crippen molar-refractivity contribution in [2.75, 3.05) is 33.2 Å². The lowest BCUT2D eigenvalue weighted by Gasteiger charge is -2.29. The molecule has 0 bridgehead atoms. The minimum absolute atomic E-state index is 0.783. The molecule has 0 aromatic carbocycles. The van der Waals surface area contributed by atoms with Crippen LogP contribution in [0, 0.1) is 17.3 Å². The summed E-state index contributed by atoms with van der Waals surface area (Å²) in [5, 5.41) is 3.78. The topological polar surface area (TPSA) is 15.3 Å². The number of piperidine rings is 1. The van der Waals surface area contributed by atoms with Crippen molar-refractivity contribution in [3.63, 3.8) is 0 Å². The van der Waals surface area contributed by atoms with E-state index in [2.05, 4.69) is 17.3 Å². The summed E-state index contributed by atoms with van der Waals surface area (Å²) in [6.45, 7) is 5.21. The fraction of sp³-hybridized carbons (Fsp3) is 1.00. The first-order valence-electron chi connectivity index (χ1n) is 7.18. The molecule has 0 aromatic rings. The SMILES string of the molecule is CN1CCC(CNCC2(C3CC3)CC2)CC1. The van der Waals surface area contributed by atoms with Crippen LogP contribution in [0.2, 0.25) is 0 Å². The Morgan fingerprint density at radius 2 is 1.81 bits per heavy atom. The maximum atomic E-state index is 3.78. The number of hydrogen-bond donors (Lipinski definition) is 1. The number of likely N-dealkylation sites (tertiary alicyclic amines) is 1. The highest BCUT2D eigenvalue weighted by molar-refractivity contribution is 5.05. The molecule has 2 heteroatoms. The molecule has 92 valence electrons. The second-order valence-electron chi connectivity index (χ2n) is 6.51. The van der Waals surface area contributed by atoms with E-state index < -0.39 is 0 Å². The number of hydrogen-bond acceptors (Lipinski definition) is 2. The van der Waals surface area contributed by atoms with Gasteiger partial charge in [0, 0.05) is 6.54 Å². The van der Waals surface area contributed by atoms with Gasteiger partial charge >= 0.3 is 0 Å². The van der Waals surface area contributed by atoms with E-state index in [4.69, 9.17) is 0 Å². The molecule has 2 saturated carbocycles. The average molecular weight is 222 g/mol. The summed E-state index contributed by atoms with van der Waals surface area (Å²) in [6.07, 6.45) is 8.88. The first-order chi connectivity index (χ1) is 7.78. The zero-order valence-corrected chi connectivity index (χ0v) is 10.7. The Bertz CT molecular complexity index is 235. The van der Waals surface area contributed by atoms with Crippen molar-refractivity contribution in [1.29, 1.82) is 0 Å². The van der Waals surface area contributed by atoms with Crippen LogP contribution in [-0.2, 0) is 0 Å². The van der Waals surface area contributed by atoms with Crippen molar-refractivity contribution in [1.82, 2.24) is 10.2 Å². The van der Waals surface area contributed by atoms with Gasteiger partial charge in [0.05, 0.1) is 0 Å². The molecule has 0 unspecified atom stereocenters. The Kier molecular flexibility index (Phi) is 2.97. The molecule has 0 spiro atoms. The lowest BCUT2D eigenvalue weighted by molar-refractivity contribution is 0.213. The molecule has 1 aliphatic heterocycles. The molecule has 3 rings (SSSR count). The van der Waals surface area contributed by atoms with E-state index in [0.717, 1.165) is 17.3 Å². The van der Waals surface area contributed by atoms with Gasteiger partial charge in [-0.05, 0) is 82.5 Å². The maximum Gasteiger partial charge on any atom is 0.00106 e. The van der Waals surface area contributed by atoms with Gasteiger partial charge in [-0.2, -0.15) is 0 Å². The van der Waals surface area contributed by atoms with Crippen molar-refractivity contribution >= 4 is 0 Å². The van der Waals surface area contributed by atoms with Gasteiger partial charge in [0.15, 0.2) is 0 Å². The molecule has 1 N–H and O–H groups in total. The third-order valence-corrected chi connectivity index (χ3v) is 5.08. The summed E-state index contributed by atoms with van der Waals surface area (Å²) in [6, 6.07) is 0. The van der Waals surface area contributed by atoms with Crippen LogP contribution in [-0.4, -0.2) is 38.1 Å². The van der Waals surface area contributed by atoms with Gasteiger partial charge in [-0.1, -0.05) is 0 Å². The monoisotopic (exact) mass is 222 g/mol. The van der Waals surface area contributed by atoms with Gasteiger partial charge in [0.1, 0.15) is 0 Å². The smallest absolute Gasteiger partial charge is 0.00106 e. The Balaban J connectivity index is 1.34. The average Bonchev–Trinajstić information content (AvgIpc) is 3.15. The zero-order chi connectivity index (χ0) is 11.0. The lowest BCUT2D eigenvalue weighted by Crippen LogP contribution is -2.36. The van der Waals surface area contributed by atoms with Crippen molar-refractivity contribution in [2.24, 2.45) is 17.3 Å². The van der Waals surface area contributed by atoms with E-state index in [0.29, 0.717) is 0 Å². The molecule has 0 aromatic heterocycles. The van der Waals surface area contributed by atoms with Gasteiger partial charge < -0.3 is 10.2 Å². The number of nitrogens with one attached hydrogen (secondary N) is 1. The van der Waals surface area contributed by atoms with Gasteiger partial charge in [-0.25, -0.2) is 0 Å². The summed E-state index contributed by atoms with van der Waals surface area (Å²) in [5.74, 6) is 2.06. The van der Waals surface area contributed by atoms with Crippen LogP contribution in [0.3, 0.4) is 0 Å². The van der Waals surface area contributed by atoms with E-state index in [-0.39, 0.29) is 0 Å². The highest BCUT2D eigenvalue weighted by atomic mass is 15.1. The third kappa shape index (κ3) is 2.43. The second kappa shape index (κ2) is 4.30. The summed E-state index contributed by atoms with van der Waals surface area (Å²) >= 11 is 0. The Hall–Kier alpha value is -0.0800. The molecule has 3 fully saturated rings. The first kappa shape index (κ1) is 11.0. The van der Waals surface area contributed by atoms with E-state index in [1.165, 1.54) is 64.7 Å². The molecule has 2 aliphatic carbocycles. The van der Waals surface area contributed by atoms with E-state index in [1.807, 2.05) is 0 Å². The van der Waals surface area contributed by atoms with Crippen molar-refractivity contribution < 1.29 is 0 Å².